The van der Waals surface area contributed by atoms with E-state index in [2.05, 4.69) is 25.3 Å². The first-order chi connectivity index (χ1) is 17.7. The first-order valence-corrected chi connectivity index (χ1v) is 14.8. The number of aryl methyl sites for hydroxylation is 1. The van der Waals surface area contributed by atoms with Crippen LogP contribution in [-0.2, 0) is 21.8 Å². The van der Waals surface area contributed by atoms with Crippen LogP contribution in [0.3, 0.4) is 0 Å². The number of carbonyl (C=O) groups excluding carboxylic acids is 1. The number of ether oxygens (including phenoxy) is 1. The predicted molar refractivity (Wildman–Crippen MR) is 145 cm³/mol. The molecule has 0 saturated heterocycles. The number of nitrogens with zero attached hydrogens (tertiary/aromatic N) is 3. The highest BCUT2D eigenvalue weighted by Crippen LogP contribution is 2.40. The average Bonchev–Trinajstić information content (AvgIpc) is 3.48. The molecule has 1 amide bonds. The van der Waals surface area contributed by atoms with Gasteiger partial charge in [0.15, 0.2) is 0 Å². The number of imidazole rings is 1. The van der Waals surface area contributed by atoms with Crippen LogP contribution < -0.4 is 15.4 Å². The quantitative estimate of drug-likeness (QED) is 0.354. The lowest BCUT2D eigenvalue weighted by molar-refractivity contribution is 0.109. The van der Waals surface area contributed by atoms with E-state index in [1.165, 1.54) is 11.3 Å². The highest BCUT2D eigenvalue weighted by atomic mass is 32.2. The van der Waals surface area contributed by atoms with Crippen LogP contribution in [0.5, 0.6) is 0 Å². The second-order valence-electron chi connectivity index (χ2n) is 9.41. The van der Waals surface area contributed by atoms with E-state index in [9.17, 15) is 13.2 Å². The van der Waals surface area contributed by atoms with Crippen molar-refractivity contribution in [3.63, 3.8) is 0 Å². The van der Waals surface area contributed by atoms with Crippen LogP contribution >= 0.6 is 11.3 Å². The fourth-order valence-corrected chi connectivity index (χ4v) is 6.89. The average molecular weight is 547 g/mol. The number of aromatic nitrogens is 3. The van der Waals surface area contributed by atoms with E-state index in [1.807, 2.05) is 43.8 Å². The van der Waals surface area contributed by atoms with Gasteiger partial charge in [-0.15, -0.1) is 11.3 Å². The molecule has 4 rings (SSSR count). The number of benzene rings is 1. The molecule has 0 spiro atoms. The Kier molecular flexibility index (Phi) is 8.50. The summed E-state index contributed by atoms with van der Waals surface area (Å²) in [5, 5.41) is 7.12. The molecule has 1 aliphatic rings. The Bertz CT molecular complexity index is 1330. The third kappa shape index (κ3) is 6.68. The topological polar surface area (TPSA) is 127 Å². The molecule has 3 aromatic rings. The monoisotopic (exact) mass is 546 g/mol. The number of alkyl carbamates (subject to hydrolysis) is 1. The second kappa shape index (κ2) is 11.6. The third-order valence-corrected chi connectivity index (χ3v) is 8.99. The molecule has 0 aliphatic heterocycles. The van der Waals surface area contributed by atoms with Gasteiger partial charge in [-0.05, 0) is 51.7 Å². The van der Waals surface area contributed by atoms with Gasteiger partial charge in [0, 0.05) is 55.4 Å². The van der Waals surface area contributed by atoms with Crippen molar-refractivity contribution in [2.45, 2.75) is 69.4 Å². The number of rotatable bonds is 9. The van der Waals surface area contributed by atoms with Crippen LogP contribution in [-0.4, -0.2) is 47.7 Å². The van der Waals surface area contributed by atoms with Gasteiger partial charge in [0.05, 0.1) is 20.9 Å². The van der Waals surface area contributed by atoms with Crippen LogP contribution in [0, 0.1) is 0 Å². The number of hydrogen-bond acceptors (Lipinski definition) is 8. The molecule has 10 nitrogen and oxygen atoms in total. The number of thiazole rings is 1. The number of anilines is 2. The lowest BCUT2D eigenvalue weighted by atomic mass is 9.86. The summed E-state index contributed by atoms with van der Waals surface area (Å²) in [6.45, 7) is 5.70. The standard InChI is InChI=1S/C25H34N6O4S2/c1-5-28-37(33,34)22-14-19(29-24-26-12-13-31(24)4)10-11-20(22)21-15-27-23(36-21)17-6-8-18(9-7-17)30-25(32)35-16(2)3/h10-18,28H,5-9H2,1-4H3,(H,26,29)(H,30,32)/t17-,18+. The Hall–Kier alpha value is -2.96. The Morgan fingerprint density at radius 3 is 2.62 bits per heavy atom. The van der Waals surface area contributed by atoms with Crippen molar-refractivity contribution in [3.8, 4) is 10.4 Å². The Morgan fingerprint density at radius 2 is 1.97 bits per heavy atom. The molecular weight excluding hydrogens is 512 g/mol. The van der Waals surface area contributed by atoms with Gasteiger partial charge in [0.1, 0.15) is 0 Å². The minimum Gasteiger partial charge on any atom is -0.447 e. The minimum atomic E-state index is -3.73. The Balaban J connectivity index is 1.52. The van der Waals surface area contributed by atoms with E-state index in [1.54, 1.807) is 25.4 Å². The van der Waals surface area contributed by atoms with Crippen molar-refractivity contribution in [3.05, 3.63) is 41.8 Å². The first kappa shape index (κ1) is 27.1. The molecule has 37 heavy (non-hydrogen) atoms. The molecule has 0 atom stereocenters. The summed E-state index contributed by atoms with van der Waals surface area (Å²) >= 11 is 1.53. The number of nitrogens with one attached hydrogen (secondary N) is 3. The van der Waals surface area contributed by atoms with Crippen molar-refractivity contribution < 1.29 is 17.9 Å². The van der Waals surface area contributed by atoms with Gasteiger partial charge in [-0.2, -0.15) is 0 Å². The summed E-state index contributed by atoms with van der Waals surface area (Å²) < 4.78 is 35.9. The summed E-state index contributed by atoms with van der Waals surface area (Å²) in [6, 6.07) is 5.39. The van der Waals surface area contributed by atoms with E-state index in [4.69, 9.17) is 4.74 Å². The lowest BCUT2D eigenvalue weighted by Crippen LogP contribution is -2.38. The van der Waals surface area contributed by atoms with Gasteiger partial charge in [0.25, 0.3) is 0 Å². The van der Waals surface area contributed by atoms with Gasteiger partial charge in [0.2, 0.25) is 16.0 Å². The molecule has 0 unspecified atom stereocenters. The molecule has 0 radical (unpaired) electrons. The van der Waals surface area contributed by atoms with E-state index in [0.717, 1.165) is 35.6 Å². The molecule has 1 aliphatic carbocycles. The summed E-state index contributed by atoms with van der Waals surface area (Å²) in [6.07, 6.45) is 8.22. The summed E-state index contributed by atoms with van der Waals surface area (Å²) in [4.78, 5) is 21.8. The first-order valence-electron chi connectivity index (χ1n) is 12.5. The number of hydrogen-bond donors (Lipinski definition) is 3. The zero-order chi connectivity index (χ0) is 26.6. The summed E-state index contributed by atoms with van der Waals surface area (Å²) in [5.74, 6) is 0.887. The van der Waals surface area contributed by atoms with Crippen LogP contribution in [0.15, 0.2) is 41.7 Å². The fourth-order valence-electron chi connectivity index (χ4n) is 4.41. The molecule has 0 bridgehead atoms. The smallest absolute Gasteiger partial charge is 0.407 e. The largest absolute Gasteiger partial charge is 0.447 e. The normalized spacial score (nSPS) is 18.1. The van der Waals surface area contributed by atoms with Crippen LogP contribution in [0.25, 0.3) is 10.4 Å². The summed E-state index contributed by atoms with van der Waals surface area (Å²) in [7, 11) is -1.87. The Labute approximate surface area is 221 Å². The second-order valence-corrected chi connectivity index (χ2v) is 12.2. The van der Waals surface area contributed by atoms with Crippen molar-refractivity contribution in [1.82, 2.24) is 24.6 Å². The van der Waals surface area contributed by atoms with Gasteiger partial charge >= 0.3 is 6.09 Å². The molecule has 200 valence electrons. The maximum Gasteiger partial charge on any atom is 0.407 e. The third-order valence-electron chi connectivity index (χ3n) is 6.21. The van der Waals surface area contributed by atoms with Crippen LogP contribution in [0.1, 0.15) is 57.4 Å². The Morgan fingerprint density at radius 1 is 1.22 bits per heavy atom. The zero-order valence-electron chi connectivity index (χ0n) is 21.5. The van der Waals surface area contributed by atoms with E-state index >= 15 is 0 Å². The van der Waals surface area contributed by atoms with E-state index < -0.39 is 10.0 Å². The SMILES string of the molecule is CCNS(=O)(=O)c1cc(Nc2nccn2C)ccc1-c1cnc([C@H]2CC[C@@H](NC(=O)OC(C)C)CC2)s1. The number of amides is 1. The molecular formula is C25H34N6O4S2. The van der Waals surface area contributed by atoms with Gasteiger partial charge in [-0.1, -0.05) is 13.0 Å². The van der Waals surface area contributed by atoms with Crippen LogP contribution in [0.4, 0.5) is 16.4 Å². The van der Waals surface area contributed by atoms with Crippen LogP contribution in [0.2, 0.25) is 0 Å². The number of carbonyl (C=O) groups is 1. The predicted octanol–water partition coefficient (Wildman–Crippen LogP) is 4.75. The molecule has 2 heterocycles. The molecule has 1 aromatic carbocycles. The van der Waals surface area contributed by atoms with Gasteiger partial charge in [-0.3, -0.25) is 0 Å². The maximum absolute atomic E-state index is 13.1. The lowest BCUT2D eigenvalue weighted by Gasteiger charge is -2.28. The van der Waals surface area contributed by atoms with E-state index in [0.29, 0.717) is 17.2 Å². The minimum absolute atomic E-state index is 0.0950. The fraction of sp³-hybridized carbons (Fsp3) is 0.480. The maximum atomic E-state index is 13.1. The zero-order valence-corrected chi connectivity index (χ0v) is 23.2. The van der Waals surface area contributed by atoms with Crippen molar-refractivity contribution in [2.24, 2.45) is 7.05 Å². The van der Waals surface area contributed by atoms with Gasteiger partial charge in [-0.25, -0.2) is 27.9 Å². The highest BCUT2D eigenvalue weighted by molar-refractivity contribution is 7.89. The molecule has 1 saturated carbocycles. The molecule has 12 heteroatoms. The van der Waals surface area contributed by atoms with Crippen molar-refractivity contribution in [1.29, 1.82) is 0 Å². The van der Waals surface area contributed by atoms with Gasteiger partial charge < -0.3 is 19.9 Å². The molecule has 1 fully saturated rings. The molecule has 2 aromatic heterocycles. The summed E-state index contributed by atoms with van der Waals surface area (Å²) in [5.41, 5.74) is 1.24. The number of sulfonamides is 1. The molecule has 3 N–H and O–H groups in total. The highest BCUT2D eigenvalue weighted by Gasteiger charge is 2.27. The van der Waals surface area contributed by atoms with Crippen molar-refractivity contribution >= 4 is 39.1 Å². The van der Waals surface area contributed by atoms with Crippen molar-refractivity contribution in [2.75, 3.05) is 11.9 Å². The van der Waals surface area contributed by atoms with E-state index in [-0.39, 0.29) is 35.6 Å².